The number of nitrogens with zero attached hydrogens (tertiary/aromatic N) is 3. The number of esters is 1. The van der Waals surface area contributed by atoms with Crippen molar-refractivity contribution in [2.75, 3.05) is 11.5 Å². The van der Waals surface area contributed by atoms with Crippen molar-refractivity contribution in [3.05, 3.63) is 71.3 Å². The maximum absolute atomic E-state index is 12.6. The molecule has 0 N–H and O–H groups in total. The minimum absolute atomic E-state index is 0.0605. The number of hydrogen-bond donors (Lipinski definition) is 0. The Morgan fingerprint density at radius 3 is 2.48 bits per heavy atom. The van der Waals surface area contributed by atoms with E-state index >= 15 is 0 Å². The molecule has 0 aliphatic heterocycles. The van der Waals surface area contributed by atoms with Crippen LogP contribution in [0.25, 0.3) is 11.9 Å². The third kappa shape index (κ3) is 5.12. The molecule has 0 saturated heterocycles. The molecule has 2 aromatic heterocycles. The van der Waals surface area contributed by atoms with Gasteiger partial charge in [-0.1, -0.05) is 23.4 Å². The first-order valence-electron chi connectivity index (χ1n) is 10.1. The van der Waals surface area contributed by atoms with E-state index in [4.69, 9.17) is 9.26 Å². The number of para-hydroxylation sites is 1. The third-order valence-corrected chi connectivity index (χ3v) is 4.87. The zero-order valence-corrected chi connectivity index (χ0v) is 18.5. The molecule has 0 aliphatic carbocycles. The van der Waals surface area contributed by atoms with Crippen LogP contribution in [0.15, 0.2) is 53.1 Å². The molecule has 0 spiro atoms. The number of hydrogen-bond acceptors (Lipinski definition) is 5. The third-order valence-electron chi connectivity index (χ3n) is 4.87. The number of anilines is 1. The molecule has 0 atom stereocenters. The van der Waals surface area contributed by atoms with E-state index in [1.807, 2.05) is 81.7 Å². The molecular weight excluding hydrogens is 394 g/mol. The summed E-state index contributed by atoms with van der Waals surface area (Å²) >= 11 is 0. The molecule has 0 unspecified atom stereocenters. The van der Waals surface area contributed by atoms with Gasteiger partial charge in [0.2, 0.25) is 0 Å². The Morgan fingerprint density at radius 1 is 1.16 bits per heavy atom. The molecule has 0 fully saturated rings. The van der Waals surface area contributed by atoms with Gasteiger partial charge in [0.05, 0.1) is 0 Å². The maximum atomic E-state index is 12.6. The van der Waals surface area contributed by atoms with Crippen LogP contribution < -0.4 is 4.90 Å². The second kappa shape index (κ2) is 9.47. The average Bonchev–Trinajstić information content (AvgIpc) is 3.27. The Morgan fingerprint density at radius 2 is 1.87 bits per heavy atom. The van der Waals surface area contributed by atoms with E-state index < -0.39 is 5.97 Å². The summed E-state index contributed by atoms with van der Waals surface area (Å²) in [5.74, 6) is 0.559. The average molecular weight is 421 g/mol. The highest BCUT2D eigenvalue weighted by Gasteiger charge is 2.20. The summed E-state index contributed by atoms with van der Waals surface area (Å²) in [6.45, 7) is 9.23. The fourth-order valence-corrected chi connectivity index (χ4v) is 3.49. The number of benzene rings is 1. The molecular formula is C24H27N3O4. The van der Waals surface area contributed by atoms with Crippen LogP contribution in [0.1, 0.15) is 36.6 Å². The number of amides is 1. The molecule has 3 rings (SSSR count). The molecule has 31 heavy (non-hydrogen) atoms. The minimum atomic E-state index is -0.577. The number of carbonyl (C=O) groups excluding carboxylic acids is 2. The maximum Gasteiger partial charge on any atom is 0.331 e. The predicted molar refractivity (Wildman–Crippen MR) is 119 cm³/mol. The first kappa shape index (κ1) is 22.1. The van der Waals surface area contributed by atoms with Crippen LogP contribution in [0, 0.1) is 20.8 Å². The molecule has 3 aromatic rings. The summed E-state index contributed by atoms with van der Waals surface area (Å²) in [6.07, 6.45) is 3.01. The summed E-state index contributed by atoms with van der Waals surface area (Å²) in [4.78, 5) is 26.5. The fraction of sp³-hybridized carbons (Fsp3) is 0.292. The van der Waals surface area contributed by atoms with Crippen molar-refractivity contribution in [3.63, 3.8) is 0 Å². The lowest BCUT2D eigenvalue weighted by Crippen LogP contribution is -2.39. The summed E-state index contributed by atoms with van der Waals surface area (Å²) in [7, 11) is 0. The minimum Gasteiger partial charge on any atom is -0.452 e. The van der Waals surface area contributed by atoms with Crippen LogP contribution >= 0.6 is 0 Å². The van der Waals surface area contributed by atoms with Gasteiger partial charge in [0.1, 0.15) is 5.76 Å². The van der Waals surface area contributed by atoms with E-state index in [0.717, 1.165) is 28.4 Å². The molecule has 0 radical (unpaired) electrons. The van der Waals surface area contributed by atoms with Crippen molar-refractivity contribution in [1.29, 1.82) is 0 Å². The zero-order chi connectivity index (χ0) is 22.5. The highest BCUT2D eigenvalue weighted by Crippen LogP contribution is 2.22. The summed E-state index contributed by atoms with van der Waals surface area (Å²) in [5.41, 5.74) is 3.50. The van der Waals surface area contributed by atoms with Gasteiger partial charge >= 0.3 is 5.97 Å². The van der Waals surface area contributed by atoms with E-state index in [-0.39, 0.29) is 18.6 Å². The Hall–Kier alpha value is -3.61. The summed E-state index contributed by atoms with van der Waals surface area (Å²) in [6, 6.07) is 13.1. The lowest BCUT2D eigenvalue weighted by atomic mass is 10.2. The number of ether oxygens (including phenoxy) is 1. The van der Waals surface area contributed by atoms with Crippen molar-refractivity contribution in [2.45, 2.75) is 40.7 Å². The highest BCUT2D eigenvalue weighted by molar-refractivity contribution is 5.96. The van der Waals surface area contributed by atoms with Crippen LogP contribution in [0.4, 0.5) is 5.69 Å². The highest BCUT2D eigenvalue weighted by atomic mass is 16.5. The summed E-state index contributed by atoms with van der Waals surface area (Å²) in [5, 5.41) is 4.05. The van der Waals surface area contributed by atoms with Gasteiger partial charge in [-0.05, 0) is 64.5 Å². The topological polar surface area (TPSA) is 77.6 Å². The molecule has 7 nitrogen and oxygen atoms in total. The Bertz CT molecular complexity index is 1090. The molecule has 1 amide bonds. The lowest BCUT2D eigenvalue weighted by molar-refractivity contribution is -0.143. The number of carbonyl (C=O) groups is 2. The molecule has 0 aliphatic rings. The molecule has 0 bridgehead atoms. The van der Waals surface area contributed by atoms with Gasteiger partial charge in [-0.3, -0.25) is 9.36 Å². The van der Waals surface area contributed by atoms with Crippen molar-refractivity contribution >= 4 is 23.6 Å². The Labute approximate surface area is 181 Å². The van der Waals surface area contributed by atoms with E-state index in [9.17, 15) is 9.59 Å². The predicted octanol–water partition coefficient (Wildman–Crippen LogP) is 4.39. The van der Waals surface area contributed by atoms with Crippen LogP contribution in [0.5, 0.6) is 0 Å². The van der Waals surface area contributed by atoms with Crippen molar-refractivity contribution in [3.8, 4) is 5.82 Å². The molecule has 0 saturated carbocycles. The zero-order valence-electron chi connectivity index (χ0n) is 18.5. The number of aromatic nitrogens is 2. The Kier molecular flexibility index (Phi) is 6.74. The van der Waals surface area contributed by atoms with Gasteiger partial charge < -0.3 is 14.2 Å². The smallest absolute Gasteiger partial charge is 0.331 e. The van der Waals surface area contributed by atoms with Gasteiger partial charge in [-0.2, -0.15) is 0 Å². The van der Waals surface area contributed by atoms with Crippen LogP contribution in [-0.4, -0.2) is 34.2 Å². The molecule has 7 heteroatoms. The van der Waals surface area contributed by atoms with E-state index in [1.54, 1.807) is 11.0 Å². The van der Waals surface area contributed by atoms with Crippen molar-refractivity contribution < 1.29 is 18.8 Å². The second-order valence-electron chi connectivity index (χ2n) is 7.59. The van der Waals surface area contributed by atoms with E-state index in [1.165, 1.54) is 6.08 Å². The molecule has 162 valence electrons. The van der Waals surface area contributed by atoms with Gasteiger partial charge in [0.15, 0.2) is 12.4 Å². The fourth-order valence-electron chi connectivity index (χ4n) is 3.49. The van der Waals surface area contributed by atoms with Gasteiger partial charge in [-0.25, -0.2) is 4.79 Å². The normalized spacial score (nSPS) is 11.3. The van der Waals surface area contributed by atoms with Crippen LogP contribution in [-0.2, 0) is 14.3 Å². The van der Waals surface area contributed by atoms with Crippen molar-refractivity contribution in [2.24, 2.45) is 0 Å². The first-order chi connectivity index (χ1) is 14.8. The second-order valence-corrected chi connectivity index (χ2v) is 7.59. The largest absolute Gasteiger partial charge is 0.452 e. The number of aryl methyl sites for hydroxylation is 2. The standard InChI is InChI=1S/C24H27N3O4/c1-16(2)26(21-9-7-6-8-10-21)23(28)15-30-24(29)12-11-20-13-17(3)27(19(20)5)22-14-18(4)31-25-22/h6-14,16H,15H2,1-5H3/b12-11+. The van der Waals surface area contributed by atoms with Crippen LogP contribution in [0.3, 0.4) is 0 Å². The monoisotopic (exact) mass is 421 g/mol. The van der Waals surface area contributed by atoms with E-state index in [0.29, 0.717) is 5.82 Å². The molecule has 1 aromatic carbocycles. The van der Waals surface area contributed by atoms with E-state index in [2.05, 4.69) is 5.16 Å². The van der Waals surface area contributed by atoms with Gasteiger partial charge in [0, 0.05) is 35.3 Å². The quantitative estimate of drug-likeness (QED) is 0.418. The number of rotatable bonds is 7. The summed E-state index contributed by atoms with van der Waals surface area (Å²) < 4.78 is 12.3. The SMILES string of the molecule is Cc1cc(-n2c(C)cc(/C=C/C(=O)OCC(=O)N(c3ccccc3)C(C)C)c2C)no1. The van der Waals surface area contributed by atoms with Crippen molar-refractivity contribution in [1.82, 2.24) is 9.72 Å². The first-order valence-corrected chi connectivity index (χ1v) is 10.1. The molecule has 2 heterocycles. The van der Waals surface area contributed by atoms with Gasteiger partial charge in [-0.15, -0.1) is 0 Å². The lowest BCUT2D eigenvalue weighted by Gasteiger charge is -2.26. The Balaban J connectivity index is 1.65. The van der Waals surface area contributed by atoms with Gasteiger partial charge in [0.25, 0.3) is 5.91 Å². The van der Waals surface area contributed by atoms with Crippen LogP contribution in [0.2, 0.25) is 0 Å².